The average molecular weight is 764 g/mol. The van der Waals surface area contributed by atoms with Crippen LogP contribution in [0, 0.1) is 29.4 Å². The van der Waals surface area contributed by atoms with Crippen molar-refractivity contribution in [3.8, 4) is 35.2 Å². The van der Waals surface area contributed by atoms with Crippen LogP contribution in [0.3, 0.4) is 0 Å². The number of terminal acetylenes is 1. The van der Waals surface area contributed by atoms with Crippen LogP contribution in [0.15, 0.2) is 30.5 Å². The largest absolute Gasteiger partial charge is 0.508 e. The van der Waals surface area contributed by atoms with Crippen molar-refractivity contribution < 1.29 is 28.1 Å². The van der Waals surface area contributed by atoms with Gasteiger partial charge in [-0.2, -0.15) is 15.1 Å². The van der Waals surface area contributed by atoms with Gasteiger partial charge in [0.25, 0.3) is 0 Å². The van der Waals surface area contributed by atoms with E-state index >= 15 is 8.78 Å². The molecule has 0 radical (unpaired) electrons. The second kappa shape index (κ2) is 13.5. The standard InChI is InChI=1S/C43H47F2N7O4/c1-4-30-33(44)9-6-26-18-29(53)19-31(34(26)30)35-37(45)39-36(32-22-49(2)48-38(32)35)40(52-27-7-8-28(52)21-50(20-27)14-5-16-54-3)47-41(46-39)55-25-42(10-11-42)23-51-15-17-56-43(24-51)12-13-43/h1,6,9,18-19,22,27-28,53H,5,7-8,10-17,20-21,23-25H2,2-3H3. The lowest BCUT2D eigenvalue weighted by Gasteiger charge is -2.42. The first-order valence-corrected chi connectivity index (χ1v) is 19.9. The van der Waals surface area contributed by atoms with Gasteiger partial charge in [-0.15, -0.1) is 6.42 Å². The Morgan fingerprint density at radius 2 is 1.84 bits per heavy atom. The fourth-order valence-corrected chi connectivity index (χ4v) is 9.84. The van der Waals surface area contributed by atoms with Crippen LogP contribution in [-0.2, 0) is 16.5 Å². The summed E-state index contributed by atoms with van der Waals surface area (Å²) in [5.74, 6) is 1.73. The Labute approximate surface area is 324 Å². The minimum Gasteiger partial charge on any atom is -0.508 e. The normalized spacial score (nSPS) is 22.7. The first-order valence-electron chi connectivity index (χ1n) is 19.9. The van der Waals surface area contributed by atoms with Crippen LogP contribution in [0.1, 0.15) is 50.5 Å². The SMILES string of the molecule is C#Cc1c(F)ccc2cc(O)cc(-c3c(F)c4nc(OCC5(CN6CCOC7(CC7)C6)CC5)nc(N5C6CCC5CN(CCCOC)C6)c4c4cn(C)nc34)c12. The number of piperazine rings is 1. The van der Waals surface area contributed by atoms with Gasteiger partial charge >= 0.3 is 6.01 Å². The van der Waals surface area contributed by atoms with E-state index in [0.29, 0.717) is 46.1 Å². The Morgan fingerprint density at radius 3 is 2.57 bits per heavy atom. The van der Waals surface area contributed by atoms with Gasteiger partial charge in [0.2, 0.25) is 0 Å². The van der Waals surface area contributed by atoms with Crippen LogP contribution in [0.2, 0.25) is 0 Å². The molecule has 2 aromatic heterocycles. The molecular weight excluding hydrogens is 717 g/mol. The maximum absolute atomic E-state index is 17.9. The van der Waals surface area contributed by atoms with Crippen molar-refractivity contribution >= 4 is 38.4 Å². The van der Waals surface area contributed by atoms with Crippen molar-refractivity contribution in [2.45, 2.75) is 62.6 Å². The van der Waals surface area contributed by atoms with Crippen LogP contribution < -0.4 is 9.64 Å². The molecule has 5 aromatic rings. The second-order valence-electron chi connectivity index (χ2n) is 16.9. The summed E-state index contributed by atoms with van der Waals surface area (Å²) in [5, 5.41) is 17.7. The van der Waals surface area contributed by atoms with E-state index in [2.05, 4.69) is 20.6 Å². The Kier molecular flexibility index (Phi) is 8.63. The number of fused-ring (bicyclic) bond motifs is 6. The summed E-state index contributed by atoms with van der Waals surface area (Å²) in [6.07, 6.45) is 15.0. The van der Waals surface area contributed by atoms with Gasteiger partial charge in [0.1, 0.15) is 28.4 Å². The van der Waals surface area contributed by atoms with Gasteiger partial charge in [-0.1, -0.05) is 12.0 Å². The smallest absolute Gasteiger partial charge is 0.319 e. The first-order chi connectivity index (χ1) is 27.2. The summed E-state index contributed by atoms with van der Waals surface area (Å²) in [5.41, 5.74) is 0.751. The molecule has 292 valence electrons. The maximum Gasteiger partial charge on any atom is 0.319 e. The summed E-state index contributed by atoms with van der Waals surface area (Å²) in [7, 11) is 3.52. The molecule has 1 N–H and O–H groups in total. The quantitative estimate of drug-likeness (QED) is 0.127. The lowest BCUT2D eigenvalue weighted by atomic mass is 9.91. The van der Waals surface area contributed by atoms with Crippen molar-refractivity contribution in [3.05, 3.63) is 47.7 Å². The molecule has 2 bridgehead atoms. The van der Waals surface area contributed by atoms with E-state index in [1.54, 1.807) is 18.8 Å². The van der Waals surface area contributed by atoms with E-state index in [-0.39, 0.29) is 57.1 Å². The van der Waals surface area contributed by atoms with Gasteiger partial charge in [-0.25, -0.2) is 8.78 Å². The number of methoxy groups -OCH3 is 1. The van der Waals surface area contributed by atoms with Crippen LogP contribution in [0.5, 0.6) is 11.8 Å². The van der Waals surface area contributed by atoms with Gasteiger partial charge < -0.3 is 24.2 Å². The topological polar surface area (TPSA) is 101 Å². The van der Waals surface area contributed by atoms with Crippen molar-refractivity contribution in [1.29, 1.82) is 0 Å². The number of hydrogen-bond donors (Lipinski definition) is 1. The molecule has 0 amide bonds. The van der Waals surface area contributed by atoms with Crippen LogP contribution in [-0.4, -0.2) is 119 Å². The van der Waals surface area contributed by atoms with Gasteiger partial charge in [-0.05, 0) is 74.1 Å². The molecule has 13 heteroatoms. The molecule has 5 heterocycles. The molecule has 56 heavy (non-hydrogen) atoms. The van der Waals surface area contributed by atoms with E-state index in [9.17, 15) is 5.11 Å². The lowest BCUT2D eigenvalue weighted by molar-refractivity contribution is -0.0532. The third kappa shape index (κ3) is 6.13. The summed E-state index contributed by atoms with van der Waals surface area (Å²) in [6, 6.07) is 6.19. The highest BCUT2D eigenvalue weighted by Crippen LogP contribution is 2.50. The van der Waals surface area contributed by atoms with E-state index in [0.717, 1.165) is 90.8 Å². The number of phenolic OH excluding ortho intramolecular Hbond substituents is 1. The number of phenols is 1. The van der Waals surface area contributed by atoms with E-state index in [1.807, 2.05) is 6.20 Å². The number of benzene rings is 3. The fraction of sp³-hybridized carbons (Fsp3) is 0.512. The number of rotatable bonds is 11. The molecular formula is C43H47F2N7O4. The van der Waals surface area contributed by atoms with Crippen LogP contribution in [0.25, 0.3) is 43.7 Å². The zero-order chi connectivity index (χ0) is 38.3. The van der Waals surface area contributed by atoms with Gasteiger partial charge in [0, 0.05) is 100 Å². The van der Waals surface area contributed by atoms with Crippen molar-refractivity contribution in [1.82, 2.24) is 29.5 Å². The van der Waals surface area contributed by atoms with E-state index < -0.39 is 11.6 Å². The van der Waals surface area contributed by atoms with Gasteiger partial charge in [-0.3, -0.25) is 14.5 Å². The highest BCUT2D eigenvalue weighted by molar-refractivity contribution is 6.18. The number of morpholine rings is 1. The maximum atomic E-state index is 17.9. The Balaban J connectivity index is 1.11. The Morgan fingerprint density at radius 1 is 1.04 bits per heavy atom. The van der Waals surface area contributed by atoms with Crippen molar-refractivity contribution in [3.63, 3.8) is 0 Å². The highest BCUT2D eigenvalue weighted by Gasteiger charge is 2.51. The van der Waals surface area contributed by atoms with Gasteiger partial charge in [0.05, 0.1) is 29.8 Å². The molecule has 3 saturated heterocycles. The summed E-state index contributed by atoms with van der Waals surface area (Å²) in [4.78, 5) is 17.5. The summed E-state index contributed by atoms with van der Waals surface area (Å²) in [6.45, 7) is 7.34. The van der Waals surface area contributed by atoms with E-state index in [1.165, 1.54) is 24.3 Å². The molecule has 2 atom stereocenters. The van der Waals surface area contributed by atoms with Crippen LogP contribution >= 0.6 is 0 Å². The Bertz CT molecular complexity index is 2410. The number of aryl methyl sites for hydroxylation is 1. The number of hydrogen-bond acceptors (Lipinski definition) is 10. The first kappa shape index (κ1) is 35.8. The molecule has 10 rings (SSSR count). The molecule has 1 spiro atoms. The molecule has 3 aromatic carbocycles. The number of aromatic hydroxyl groups is 1. The molecule has 5 aliphatic rings. The monoisotopic (exact) mass is 763 g/mol. The zero-order valence-electron chi connectivity index (χ0n) is 32.0. The zero-order valence-corrected chi connectivity index (χ0v) is 32.0. The number of nitrogens with zero attached hydrogens (tertiary/aromatic N) is 7. The molecule has 2 aliphatic carbocycles. The van der Waals surface area contributed by atoms with Crippen molar-refractivity contribution in [2.24, 2.45) is 12.5 Å². The fourth-order valence-electron chi connectivity index (χ4n) is 9.84. The number of ether oxygens (including phenoxy) is 3. The lowest BCUT2D eigenvalue weighted by Crippen LogP contribution is -2.54. The summed E-state index contributed by atoms with van der Waals surface area (Å²) < 4.78 is 52.8. The minimum absolute atomic E-state index is 0.0176. The second-order valence-corrected chi connectivity index (χ2v) is 16.9. The highest BCUT2D eigenvalue weighted by atomic mass is 19.1. The number of likely N-dealkylation sites (tertiary alicyclic amines) is 1. The predicted molar refractivity (Wildman–Crippen MR) is 210 cm³/mol. The predicted octanol–water partition coefficient (Wildman–Crippen LogP) is 6.02. The molecule has 2 saturated carbocycles. The molecule has 3 aliphatic heterocycles. The third-order valence-corrected chi connectivity index (χ3v) is 12.9. The molecule has 2 unspecified atom stereocenters. The van der Waals surface area contributed by atoms with Crippen LogP contribution in [0.4, 0.5) is 14.6 Å². The average Bonchev–Trinajstić information content (AvgIpc) is 4.07. The number of aromatic nitrogens is 4. The van der Waals surface area contributed by atoms with Crippen molar-refractivity contribution in [2.75, 3.05) is 71.1 Å². The van der Waals surface area contributed by atoms with E-state index in [4.69, 9.17) is 35.7 Å². The van der Waals surface area contributed by atoms with Gasteiger partial charge in [0.15, 0.2) is 5.82 Å². The molecule has 5 fully saturated rings. The third-order valence-electron chi connectivity index (χ3n) is 12.9. The Hall–Kier alpha value is -4.61. The minimum atomic E-state index is -0.659. The summed E-state index contributed by atoms with van der Waals surface area (Å²) >= 11 is 0. The number of halogens is 2. The molecule has 11 nitrogen and oxygen atoms in total. The number of anilines is 1.